The SMILES string of the molecule is CN1CCC(CN(C)CCC(O)C(C)(C)C)C1. The lowest BCUT2D eigenvalue weighted by Gasteiger charge is -2.28. The molecule has 1 aliphatic heterocycles. The molecule has 0 spiro atoms. The van der Waals surface area contributed by atoms with Gasteiger partial charge in [-0.2, -0.15) is 0 Å². The highest BCUT2D eigenvalue weighted by atomic mass is 16.3. The van der Waals surface area contributed by atoms with E-state index in [2.05, 4.69) is 44.7 Å². The van der Waals surface area contributed by atoms with Crippen molar-refractivity contribution in [3.05, 3.63) is 0 Å². The quantitative estimate of drug-likeness (QED) is 0.794. The zero-order valence-corrected chi connectivity index (χ0v) is 12.2. The summed E-state index contributed by atoms with van der Waals surface area (Å²) in [5, 5.41) is 10.0. The minimum atomic E-state index is -0.198. The van der Waals surface area contributed by atoms with Crippen LogP contribution >= 0.6 is 0 Å². The van der Waals surface area contributed by atoms with Crippen molar-refractivity contribution in [2.24, 2.45) is 11.3 Å². The molecule has 17 heavy (non-hydrogen) atoms. The second kappa shape index (κ2) is 6.17. The van der Waals surface area contributed by atoms with Crippen molar-refractivity contribution < 1.29 is 5.11 Å². The molecule has 2 unspecified atom stereocenters. The lowest BCUT2D eigenvalue weighted by atomic mass is 9.87. The van der Waals surface area contributed by atoms with Crippen LogP contribution in [0.2, 0.25) is 0 Å². The van der Waals surface area contributed by atoms with Crippen LogP contribution in [-0.2, 0) is 0 Å². The van der Waals surface area contributed by atoms with E-state index in [1.54, 1.807) is 0 Å². The lowest BCUT2D eigenvalue weighted by Crippen LogP contribution is -2.33. The average molecular weight is 242 g/mol. The molecule has 102 valence electrons. The third kappa shape index (κ3) is 5.36. The number of likely N-dealkylation sites (tertiary alicyclic amines) is 1. The first kappa shape index (κ1) is 14.9. The van der Waals surface area contributed by atoms with E-state index in [9.17, 15) is 5.11 Å². The summed E-state index contributed by atoms with van der Waals surface area (Å²) in [6.45, 7) is 10.9. The third-order valence-electron chi connectivity index (χ3n) is 3.84. The van der Waals surface area contributed by atoms with E-state index in [0.717, 1.165) is 18.9 Å². The molecule has 0 saturated carbocycles. The summed E-state index contributed by atoms with van der Waals surface area (Å²) in [6, 6.07) is 0. The number of aliphatic hydroxyl groups excluding tert-OH is 1. The molecule has 1 saturated heterocycles. The van der Waals surface area contributed by atoms with Gasteiger partial charge < -0.3 is 14.9 Å². The molecule has 0 aromatic rings. The summed E-state index contributed by atoms with van der Waals surface area (Å²) in [6.07, 6.45) is 2.00. The molecule has 0 aromatic heterocycles. The van der Waals surface area contributed by atoms with E-state index in [0.29, 0.717) is 0 Å². The van der Waals surface area contributed by atoms with Crippen LogP contribution < -0.4 is 0 Å². The molecular weight excluding hydrogens is 212 g/mol. The largest absolute Gasteiger partial charge is 0.393 e. The maximum atomic E-state index is 10.0. The molecule has 1 heterocycles. The van der Waals surface area contributed by atoms with Crippen LogP contribution in [0, 0.1) is 11.3 Å². The highest BCUT2D eigenvalue weighted by Crippen LogP contribution is 2.22. The monoisotopic (exact) mass is 242 g/mol. The molecule has 1 fully saturated rings. The van der Waals surface area contributed by atoms with E-state index in [1.807, 2.05) is 0 Å². The smallest absolute Gasteiger partial charge is 0.0600 e. The lowest BCUT2D eigenvalue weighted by molar-refractivity contribution is 0.0468. The first-order valence-corrected chi connectivity index (χ1v) is 6.84. The van der Waals surface area contributed by atoms with Crippen molar-refractivity contribution >= 4 is 0 Å². The molecule has 0 aliphatic carbocycles. The fourth-order valence-electron chi connectivity index (χ4n) is 2.48. The summed E-state index contributed by atoms with van der Waals surface area (Å²) < 4.78 is 0. The van der Waals surface area contributed by atoms with Crippen LogP contribution in [0.25, 0.3) is 0 Å². The van der Waals surface area contributed by atoms with Crippen molar-refractivity contribution in [2.75, 3.05) is 40.3 Å². The molecule has 1 rings (SSSR count). The fraction of sp³-hybridized carbons (Fsp3) is 1.00. The van der Waals surface area contributed by atoms with Crippen molar-refractivity contribution in [1.82, 2.24) is 9.80 Å². The Morgan fingerprint density at radius 1 is 1.41 bits per heavy atom. The minimum Gasteiger partial charge on any atom is -0.393 e. The number of rotatable bonds is 5. The predicted octanol–water partition coefficient (Wildman–Crippen LogP) is 1.67. The molecule has 0 radical (unpaired) electrons. The topological polar surface area (TPSA) is 26.7 Å². The van der Waals surface area contributed by atoms with Crippen molar-refractivity contribution in [1.29, 1.82) is 0 Å². The first-order valence-electron chi connectivity index (χ1n) is 6.84. The molecule has 1 aliphatic rings. The van der Waals surface area contributed by atoms with Gasteiger partial charge in [0.1, 0.15) is 0 Å². The number of hydrogen-bond donors (Lipinski definition) is 1. The van der Waals surface area contributed by atoms with E-state index in [-0.39, 0.29) is 11.5 Å². The Balaban J connectivity index is 2.19. The van der Waals surface area contributed by atoms with E-state index >= 15 is 0 Å². The van der Waals surface area contributed by atoms with Crippen LogP contribution in [-0.4, -0.2) is 61.3 Å². The van der Waals surface area contributed by atoms with Crippen LogP contribution in [0.1, 0.15) is 33.6 Å². The Hall–Kier alpha value is -0.120. The van der Waals surface area contributed by atoms with Gasteiger partial charge in [-0.3, -0.25) is 0 Å². The highest BCUT2D eigenvalue weighted by molar-refractivity contribution is 4.77. The van der Waals surface area contributed by atoms with E-state index in [1.165, 1.54) is 26.1 Å². The first-order chi connectivity index (χ1) is 7.79. The van der Waals surface area contributed by atoms with Gasteiger partial charge in [-0.25, -0.2) is 0 Å². The van der Waals surface area contributed by atoms with Gasteiger partial charge in [0, 0.05) is 19.6 Å². The van der Waals surface area contributed by atoms with Gasteiger partial charge in [-0.1, -0.05) is 20.8 Å². The van der Waals surface area contributed by atoms with Crippen LogP contribution in [0.4, 0.5) is 0 Å². The maximum Gasteiger partial charge on any atom is 0.0600 e. The Morgan fingerprint density at radius 3 is 2.53 bits per heavy atom. The van der Waals surface area contributed by atoms with Crippen LogP contribution in [0.5, 0.6) is 0 Å². The van der Waals surface area contributed by atoms with Crippen LogP contribution in [0.3, 0.4) is 0 Å². The average Bonchev–Trinajstić information content (AvgIpc) is 2.58. The third-order valence-corrected chi connectivity index (χ3v) is 3.84. The van der Waals surface area contributed by atoms with E-state index in [4.69, 9.17) is 0 Å². The molecular formula is C14H30N2O. The van der Waals surface area contributed by atoms with Gasteiger partial charge >= 0.3 is 0 Å². The normalized spacial score (nSPS) is 24.5. The fourth-order valence-corrected chi connectivity index (χ4v) is 2.48. The van der Waals surface area contributed by atoms with Crippen molar-refractivity contribution in [3.8, 4) is 0 Å². The number of nitrogens with zero attached hydrogens (tertiary/aromatic N) is 2. The summed E-state index contributed by atoms with van der Waals surface area (Å²) in [5.41, 5.74) is 0.00835. The van der Waals surface area contributed by atoms with Crippen molar-refractivity contribution in [3.63, 3.8) is 0 Å². The Bertz CT molecular complexity index is 225. The van der Waals surface area contributed by atoms with Gasteiger partial charge in [-0.05, 0) is 44.8 Å². The van der Waals surface area contributed by atoms with Crippen LogP contribution in [0.15, 0.2) is 0 Å². The van der Waals surface area contributed by atoms with Gasteiger partial charge in [0.2, 0.25) is 0 Å². The standard InChI is InChI=1S/C14H30N2O/c1-14(2,3)13(17)7-9-16(5)11-12-6-8-15(4)10-12/h12-13,17H,6-11H2,1-5H3. The molecule has 2 atom stereocenters. The Morgan fingerprint density at radius 2 is 2.06 bits per heavy atom. The van der Waals surface area contributed by atoms with Gasteiger partial charge in [0.15, 0.2) is 0 Å². The molecule has 3 nitrogen and oxygen atoms in total. The maximum absolute atomic E-state index is 10.0. The van der Waals surface area contributed by atoms with Gasteiger partial charge in [-0.15, -0.1) is 0 Å². The highest BCUT2D eigenvalue weighted by Gasteiger charge is 2.24. The van der Waals surface area contributed by atoms with E-state index < -0.39 is 0 Å². The van der Waals surface area contributed by atoms with Gasteiger partial charge in [0.25, 0.3) is 0 Å². The minimum absolute atomic E-state index is 0.00835. The molecule has 0 bridgehead atoms. The summed E-state index contributed by atoms with van der Waals surface area (Å²) in [5.74, 6) is 0.816. The second-order valence-corrected chi connectivity index (χ2v) is 6.85. The summed E-state index contributed by atoms with van der Waals surface area (Å²) in [7, 11) is 4.37. The Kier molecular flexibility index (Phi) is 5.42. The molecule has 3 heteroatoms. The zero-order valence-electron chi connectivity index (χ0n) is 12.2. The molecule has 0 aromatic carbocycles. The predicted molar refractivity (Wildman–Crippen MR) is 73.2 cm³/mol. The molecule has 0 amide bonds. The second-order valence-electron chi connectivity index (χ2n) is 6.85. The zero-order chi connectivity index (χ0) is 13.1. The summed E-state index contributed by atoms with van der Waals surface area (Å²) >= 11 is 0. The number of aliphatic hydroxyl groups is 1. The Labute approximate surface area is 107 Å². The summed E-state index contributed by atoms with van der Waals surface area (Å²) in [4.78, 5) is 4.78. The van der Waals surface area contributed by atoms with Gasteiger partial charge in [0.05, 0.1) is 6.10 Å². The van der Waals surface area contributed by atoms with Crippen molar-refractivity contribution in [2.45, 2.75) is 39.7 Å². The molecule has 1 N–H and O–H groups in total. The number of hydrogen-bond acceptors (Lipinski definition) is 3.